The fourth-order valence-corrected chi connectivity index (χ4v) is 2.51. The first kappa shape index (κ1) is 13.3. The van der Waals surface area contributed by atoms with Crippen LogP contribution in [-0.4, -0.2) is 12.1 Å². The average molecular weight is 224 g/mol. The Kier molecular flexibility index (Phi) is 4.17. The van der Waals surface area contributed by atoms with Crippen LogP contribution in [0.25, 0.3) is 0 Å². The zero-order valence-corrected chi connectivity index (χ0v) is 11.2. The van der Waals surface area contributed by atoms with Gasteiger partial charge in [-0.2, -0.15) is 0 Å². The van der Waals surface area contributed by atoms with Crippen molar-refractivity contribution >= 4 is 5.97 Å². The molecule has 0 aliphatic heterocycles. The molecule has 1 aliphatic rings. The molecule has 0 heterocycles. The molecule has 1 aliphatic carbocycles. The molecule has 1 fully saturated rings. The molecular formula is C14H24O2. The van der Waals surface area contributed by atoms with Crippen LogP contribution < -0.4 is 0 Å². The molecule has 1 saturated carbocycles. The van der Waals surface area contributed by atoms with Gasteiger partial charge < -0.3 is 4.74 Å². The molecule has 2 nitrogen and oxygen atoms in total. The van der Waals surface area contributed by atoms with Crippen molar-refractivity contribution in [3.8, 4) is 0 Å². The third-order valence-corrected chi connectivity index (χ3v) is 3.16. The highest BCUT2D eigenvalue weighted by atomic mass is 16.5. The van der Waals surface area contributed by atoms with Crippen molar-refractivity contribution in [1.82, 2.24) is 0 Å². The minimum Gasteiger partial charge on any atom is -0.457 e. The van der Waals surface area contributed by atoms with Crippen LogP contribution in [0, 0.1) is 11.3 Å². The number of esters is 1. The Labute approximate surface area is 99.1 Å². The Balaban J connectivity index is 2.92. The standard InChI is InChI=1S/C14H24O2/c1-10(2)9-12-7-6-8-14(4,5)13(12)16-11(3)15/h9-10,13H,6-8H2,1-5H3/b12-9+. The molecule has 0 aromatic heterocycles. The summed E-state index contributed by atoms with van der Waals surface area (Å²) in [7, 11) is 0. The Morgan fingerprint density at radius 2 is 2.12 bits per heavy atom. The van der Waals surface area contributed by atoms with Crippen molar-refractivity contribution in [2.75, 3.05) is 0 Å². The van der Waals surface area contributed by atoms with Crippen molar-refractivity contribution < 1.29 is 9.53 Å². The van der Waals surface area contributed by atoms with E-state index in [1.807, 2.05) is 0 Å². The van der Waals surface area contributed by atoms with Gasteiger partial charge in [0.25, 0.3) is 0 Å². The summed E-state index contributed by atoms with van der Waals surface area (Å²) in [5, 5.41) is 0. The third-order valence-electron chi connectivity index (χ3n) is 3.16. The van der Waals surface area contributed by atoms with Crippen LogP contribution in [-0.2, 0) is 9.53 Å². The highest BCUT2D eigenvalue weighted by molar-refractivity contribution is 5.66. The van der Waals surface area contributed by atoms with Crippen LogP contribution in [0.2, 0.25) is 0 Å². The molecule has 0 saturated heterocycles. The summed E-state index contributed by atoms with van der Waals surface area (Å²) in [6, 6.07) is 0. The topological polar surface area (TPSA) is 26.3 Å². The summed E-state index contributed by atoms with van der Waals surface area (Å²) in [6.45, 7) is 10.2. The van der Waals surface area contributed by atoms with Gasteiger partial charge in [0, 0.05) is 12.3 Å². The second-order valence-corrected chi connectivity index (χ2v) is 5.82. The Hall–Kier alpha value is -0.790. The van der Waals surface area contributed by atoms with Gasteiger partial charge in [0.1, 0.15) is 6.10 Å². The molecule has 2 heteroatoms. The fourth-order valence-electron chi connectivity index (χ4n) is 2.51. The summed E-state index contributed by atoms with van der Waals surface area (Å²) in [4.78, 5) is 11.2. The second-order valence-electron chi connectivity index (χ2n) is 5.82. The van der Waals surface area contributed by atoms with Gasteiger partial charge >= 0.3 is 5.97 Å². The van der Waals surface area contributed by atoms with Gasteiger partial charge in [-0.15, -0.1) is 0 Å². The van der Waals surface area contributed by atoms with Gasteiger partial charge in [0.05, 0.1) is 0 Å². The lowest BCUT2D eigenvalue weighted by Gasteiger charge is -2.39. The van der Waals surface area contributed by atoms with Gasteiger partial charge in [-0.3, -0.25) is 4.79 Å². The first-order valence-electron chi connectivity index (χ1n) is 6.21. The van der Waals surface area contributed by atoms with Crippen LogP contribution in [0.3, 0.4) is 0 Å². The van der Waals surface area contributed by atoms with E-state index in [1.165, 1.54) is 18.9 Å². The highest BCUT2D eigenvalue weighted by Gasteiger charge is 2.37. The van der Waals surface area contributed by atoms with Crippen molar-refractivity contribution in [2.24, 2.45) is 11.3 Å². The monoisotopic (exact) mass is 224 g/mol. The second kappa shape index (κ2) is 5.03. The summed E-state index contributed by atoms with van der Waals surface area (Å²) in [5.41, 5.74) is 1.38. The SMILES string of the molecule is CC(=O)OC1/C(=C/C(C)C)CCCC1(C)C. The van der Waals surface area contributed by atoms with E-state index in [0.29, 0.717) is 5.92 Å². The van der Waals surface area contributed by atoms with Crippen molar-refractivity contribution in [3.63, 3.8) is 0 Å². The highest BCUT2D eigenvalue weighted by Crippen LogP contribution is 2.41. The largest absolute Gasteiger partial charge is 0.457 e. The minimum atomic E-state index is -0.172. The van der Waals surface area contributed by atoms with Crippen LogP contribution in [0.15, 0.2) is 11.6 Å². The first-order valence-corrected chi connectivity index (χ1v) is 6.21. The van der Waals surface area contributed by atoms with Gasteiger partial charge in [0.2, 0.25) is 0 Å². The number of ether oxygens (including phenoxy) is 1. The summed E-state index contributed by atoms with van der Waals surface area (Å²) in [6.07, 6.45) is 5.62. The quantitative estimate of drug-likeness (QED) is 0.528. The smallest absolute Gasteiger partial charge is 0.303 e. The lowest BCUT2D eigenvalue weighted by Crippen LogP contribution is -2.38. The molecule has 0 amide bonds. The molecular weight excluding hydrogens is 200 g/mol. The normalized spacial score (nSPS) is 27.1. The molecule has 1 rings (SSSR count). The fraction of sp³-hybridized carbons (Fsp3) is 0.786. The van der Waals surface area contributed by atoms with Crippen LogP contribution >= 0.6 is 0 Å². The molecule has 0 aromatic rings. The van der Waals surface area contributed by atoms with Crippen molar-refractivity contribution in [3.05, 3.63) is 11.6 Å². The number of carbonyl (C=O) groups is 1. The van der Waals surface area contributed by atoms with Crippen LogP contribution in [0.5, 0.6) is 0 Å². The summed E-state index contributed by atoms with van der Waals surface area (Å²) in [5.74, 6) is 0.344. The average Bonchev–Trinajstić information content (AvgIpc) is 2.09. The van der Waals surface area contributed by atoms with Gasteiger partial charge in [-0.25, -0.2) is 0 Å². The number of hydrogen-bond acceptors (Lipinski definition) is 2. The number of allylic oxidation sites excluding steroid dienone is 1. The van der Waals surface area contributed by atoms with E-state index in [2.05, 4.69) is 33.8 Å². The Morgan fingerprint density at radius 1 is 1.50 bits per heavy atom. The lowest BCUT2D eigenvalue weighted by molar-refractivity contribution is -0.151. The summed E-state index contributed by atoms with van der Waals surface area (Å²) < 4.78 is 5.51. The zero-order chi connectivity index (χ0) is 12.3. The third kappa shape index (κ3) is 3.36. The minimum absolute atomic E-state index is 0.0267. The lowest BCUT2D eigenvalue weighted by atomic mass is 9.72. The van der Waals surface area contributed by atoms with E-state index >= 15 is 0 Å². The maximum absolute atomic E-state index is 11.2. The number of hydrogen-bond donors (Lipinski definition) is 0. The predicted octanol–water partition coefficient (Wildman–Crippen LogP) is 3.71. The molecule has 0 aromatic carbocycles. The maximum atomic E-state index is 11.2. The van der Waals surface area contributed by atoms with Gasteiger partial charge in [-0.1, -0.05) is 33.8 Å². The first-order chi connectivity index (χ1) is 7.33. The molecule has 0 bridgehead atoms. The molecule has 0 radical (unpaired) electrons. The van der Waals surface area contributed by atoms with E-state index in [9.17, 15) is 4.79 Å². The Bertz CT molecular complexity index is 287. The zero-order valence-electron chi connectivity index (χ0n) is 11.2. The van der Waals surface area contributed by atoms with Crippen LogP contribution in [0.1, 0.15) is 53.9 Å². The molecule has 1 atom stereocenters. The number of carbonyl (C=O) groups excluding carboxylic acids is 1. The maximum Gasteiger partial charge on any atom is 0.303 e. The summed E-state index contributed by atoms with van der Waals surface area (Å²) >= 11 is 0. The number of rotatable bonds is 2. The van der Waals surface area contributed by atoms with E-state index < -0.39 is 0 Å². The van der Waals surface area contributed by atoms with Crippen molar-refractivity contribution in [2.45, 2.75) is 60.0 Å². The van der Waals surface area contributed by atoms with E-state index in [-0.39, 0.29) is 17.5 Å². The molecule has 1 unspecified atom stereocenters. The van der Waals surface area contributed by atoms with E-state index in [1.54, 1.807) is 0 Å². The molecule has 0 N–H and O–H groups in total. The van der Waals surface area contributed by atoms with Gasteiger partial charge in [-0.05, 0) is 30.8 Å². The molecule has 92 valence electrons. The van der Waals surface area contributed by atoms with Gasteiger partial charge in [0.15, 0.2) is 0 Å². The van der Waals surface area contributed by atoms with E-state index in [4.69, 9.17) is 4.74 Å². The van der Waals surface area contributed by atoms with E-state index in [0.717, 1.165) is 12.8 Å². The molecule has 16 heavy (non-hydrogen) atoms. The predicted molar refractivity (Wildman–Crippen MR) is 66.1 cm³/mol. The molecule has 0 spiro atoms. The Morgan fingerprint density at radius 3 is 2.62 bits per heavy atom. The van der Waals surface area contributed by atoms with Crippen molar-refractivity contribution in [1.29, 1.82) is 0 Å². The van der Waals surface area contributed by atoms with Crippen LogP contribution in [0.4, 0.5) is 0 Å².